The summed E-state index contributed by atoms with van der Waals surface area (Å²) in [7, 11) is -3.74. The van der Waals surface area contributed by atoms with E-state index in [1.807, 2.05) is 6.07 Å². The number of ether oxygens (including phenoxy) is 1. The molecule has 152 valence electrons. The van der Waals surface area contributed by atoms with E-state index in [1.165, 1.54) is 31.2 Å². The Balaban J connectivity index is 1.95. The van der Waals surface area contributed by atoms with Gasteiger partial charge in [0.05, 0.1) is 16.5 Å². The molecule has 2 rings (SSSR count). The molecule has 1 saturated heterocycles. The van der Waals surface area contributed by atoms with Crippen molar-refractivity contribution in [2.75, 3.05) is 19.6 Å². The van der Waals surface area contributed by atoms with Crippen LogP contribution in [-0.2, 0) is 19.6 Å². The van der Waals surface area contributed by atoms with Crippen LogP contribution in [0.5, 0.6) is 0 Å². The number of hydrogen-bond acceptors (Lipinski definition) is 6. The highest BCUT2D eigenvalue weighted by Crippen LogP contribution is 2.18. The topological polar surface area (TPSA) is 117 Å². The first-order valence-electron chi connectivity index (χ1n) is 9.21. The maximum absolute atomic E-state index is 12.4. The molecule has 8 nitrogen and oxygen atoms in total. The van der Waals surface area contributed by atoms with E-state index in [9.17, 15) is 18.0 Å². The average molecular weight is 407 g/mol. The molecular weight excluding hydrogens is 382 g/mol. The highest BCUT2D eigenvalue weighted by atomic mass is 32.2. The Bertz CT molecular complexity index is 837. The second-order valence-corrected chi connectivity index (χ2v) is 8.65. The fourth-order valence-electron chi connectivity index (χ4n) is 2.86. The molecule has 1 N–H and O–H groups in total. The summed E-state index contributed by atoms with van der Waals surface area (Å²) < 4.78 is 31.7. The zero-order valence-corrected chi connectivity index (χ0v) is 16.9. The third kappa shape index (κ3) is 5.78. The normalized spacial score (nSPS) is 16.2. The first-order valence-corrected chi connectivity index (χ1v) is 10.7. The fourth-order valence-corrected chi connectivity index (χ4v) is 3.89. The van der Waals surface area contributed by atoms with Crippen LogP contribution in [0, 0.1) is 17.2 Å². The van der Waals surface area contributed by atoms with Crippen molar-refractivity contribution in [1.29, 1.82) is 5.26 Å². The van der Waals surface area contributed by atoms with Gasteiger partial charge in [-0.3, -0.25) is 4.79 Å². The number of piperidine rings is 1. The van der Waals surface area contributed by atoms with Crippen LogP contribution in [-0.4, -0.2) is 50.9 Å². The number of benzene rings is 1. The molecule has 0 radical (unpaired) electrons. The van der Waals surface area contributed by atoms with Gasteiger partial charge in [0.1, 0.15) is 0 Å². The summed E-state index contributed by atoms with van der Waals surface area (Å²) in [6.45, 7) is 5.02. The van der Waals surface area contributed by atoms with Crippen LogP contribution in [0.2, 0.25) is 0 Å². The molecule has 9 heteroatoms. The second-order valence-electron chi connectivity index (χ2n) is 6.89. The van der Waals surface area contributed by atoms with E-state index in [4.69, 9.17) is 10.00 Å². The van der Waals surface area contributed by atoms with Crippen molar-refractivity contribution >= 4 is 21.9 Å². The van der Waals surface area contributed by atoms with E-state index in [2.05, 4.69) is 11.6 Å². The quantitative estimate of drug-likeness (QED) is 0.543. The summed E-state index contributed by atoms with van der Waals surface area (Å²) in [5.41, 5.74) is 0.155. The van der Waals surface area contributed by atoms with E-state index >= 15 is 0 Å². The van der Waals surface area contributed by atoms with Crippen molar-refractivity contribution in [3.05, 3.63) is 29.8 Å². The van der Waals surface area contributed by atoms with Crippen LogP contribution in [0.4, 0.5) is 0 Å². The van der Waals surface area contributed by atoms with E-state index in [1.54, 1.807) is 4.90 Å². The predicted molar refractivity (Wildman–Crippen MR) is 102 cm³/mol. The maximum atomic E-state index is 12.4. The lowest BCUT2D eigenvalue weighted by molar-refractivity contribution is -0.141. The molecule has 1 unspecified atom stereocenters. The number of nitrogens with one attached hydrogen (secondary N) is 1. The molecule has 1 amide bonds. The number of rotatable bonds is 7. The smallest absolute Gasteiger partial charge is 0.338 e. The van der Waals surface area contributed by atoms with Crippen LogP contribution >= 0.6 is 0 Å². The van der Waals surface area contributed by atoms with Gasteiger partial charge in [0.15, 0.2) is 6.10 Å². The molecule has 0 bridgehead atoms. The Hall–Kier alpha value is -2.44. The number of esters is 1. The van der Waals surface area contributed by atoms with Gasteiger partial charge in [0.25, 0.3) is 5.91 Å². The molecule has 1 aromatic rings. The molecule has 1 aliphatic rings. The van der Waals surface area contributed by atoms with Crippen LogP contribution in [0.1, 0.15) is 43.5 Å². The van der Waals surface area contributed by atoms with Crippen molar-refractivity contribution < 1.29 is 22.7 Å². The van der Waals surface area contributed by atoms with E-state index in [0.29, 0.717) is 19.0 Å². The van der Waals surface area contributed by atoms with Gasteiger partial charge in [-0.25, -0.2) is 17.9 Å². The van der Waals surface area contributed by atoms with Gasteiger partial charge in [0.2, 0.25) is 10.0 Å². The third-order valence-electron chi connectivity index (χ3n) is 4.66. The van der Waals surface area contributed by atoms with Crippen LogP contribution < -0.4 is 4.72 Å². The number of nitrogens with zero attached hydrogens (tertiary/aromatic N) is 2. The second kappa shape index (κ2) is 9.66. The number of carbonyl (C=O) groups excluding carboxylic acids is 2. The summed E-state index contributed by atoms with van der Waals surface area (Å²) in [5, 5.41) is 8.47. The van der Waals surface area contributed by atoms with Crippen molar-refractivity contribution in [1.82, 2.24) is 9.62 Å². The Morgan fingerprint density at radius 1 is 1.29 bits per heavy atom. The van der Waals surface area contributed by atoms with Gasteiger partial charge in [-0.15, -0.1) is 0 Å². The van der Waals surface area contributed by atoms with Gasteiger partial charge in [-0.2, -0.15) is 5.26 Å². The molecule has 1 fully saturated rings. The van der Waals surface area contributed by atoms with Crippen LogP contribution in [0.25, 0.3) is 0 Å². The van der Waals surface area contributed by atoms with Crippen LogP contribution in [0.15, 0.2) is 29.2 Å². The molecule has 1 atom stereocenters. The summed E-state index contributed by atoms with van der Waals surface area (Å²) in [5.74, 6) is -0.320. The van der Waals surface area contributed by atoms with Gasteiger partial charge in [-0.1, -0.05) is 6.92 Å². The van der Waals surface area contributed by atoms with Crippen molar-refractivity contribution in [3.8, 4) is 6.07 Å². The van der Waals surface area contributed by atoms with Crippen LogP contribution in [0.3, 0.4) is 0 Å². The van der Waals surface area contributed by atoms with E-state index in [0.717, 1.165) is 12.8 Å². The fraction of sp³-hybridized carbons (Fsp3) is 0.526. The minimum atomic E-state index is -3.74. The first-order chi connectivity index (χ1) is 13.2. The lowest BCUT2D eigenvalue weighted by Crippen LogP contribution is -2.44. The van der Waals surface area contributed by atoms with E-state index < -0.39 is 22.1 Å². The first kappa shape index (κ1) is 21.9. The number of likely N-dealkylation sites (tertiary alicyclic amines) is 1. The Morgan fingerprint density at radius 2 is 1.89 bits per heavy atom. The Kier molecular flexibility index (Phi) is 7.54. The Labute approximate surface area is 165 Å². The summed E-state index contributed by atoms with van der Waals surface area (Å²) in [6, 6.07) is 7.08. The zero-order valence-electron chi connectivity index (χ0n) is 16.1. The molecular formula is C19H25N3O5S. The van der Waals surface area contributed by atoms with Gasteiger partial charge >= 0.3 is 5.97 Å². The molecule has 0 saturated carbocycles. The number of hydrogen-bond donors (Lipinski definition) is 1. The standard InChI is InChI=1S/C19H25N3O5S/c1-14-8-12-22(13-9-14)18(23)15(2)27-19(24)16-4-6-17(7-5-16)28(25,26)21-11-3-10-20/h4-7,14-15,21H,3,8-9,11-13H2,1-2H3. The Morgan fingerprint density at radius 3 is 2.46 bits per heavy atom. The monoisotopic (exact) mass is 407 g/mol. The van der Waals surface area contributed by atoms with Gasteiger partial charge in [-0.05, 0) is 49.9 Å². The summed E-state index contributed by atoms with van der Waals surface area (Å²) in [6.07, 6.45) is 1.03. The number of carbonyl (C=O) groups is 2. The largest absolute Gasteiger partial charge is 0.449 e. The summed E-state index contributed by atoms with van der Waals surface area (Å²) in [4.78, 5) is 26.4. The molecule has 0 spiro atoms. The molecule has 1 aromatic carbocycles. The lowest BCUT2D eigenvalue weighted by Gasteiger charge is -2.31. The molecule has 1 heterocycles. The van der Waals surface area contributed by atoms with E-state index in [-0.39, 0.29) is 29.3 Å². The molecule has 1 aliphatic heterocycles. The van der Waals surface area contributed by atoms with Crippen molar-refractivity contribution in [2.24, 2.45) is 5.92 Å². The minimum absolute atomic E-state index is 0.0114. The predicted octanol–water partition coefficient (Wildman–Crippen LogP) is 1.68. The third-order valence-corrected chi connectivity index (χ3v) is 6.13. The molecule has 0 aliphatic carbocycles. The number of sulfonamides is 1. The minimum Gasteiger partial charge on any atom is -0.449 e. The summed E-state index contributed by atoms with van der Waals surface area (Å²) >= 11 is 0. The number of amides is 1. The molecule has 28 heavy (non-hydrogen) atoms. The number of nitriles is 1. The maximum Gasteiger partial charge on any atom is 0.338 e. The van der Waals surface area contributed by atoms with Crippen molar-refractivity contribution in [3.63, 3.8) is 0 Å². The van der Waals surface area contributed by atoms with Gasteiger partial charge in [0, 0.05) is 26.1 Å². The van der Waals surface area contributed by atoms with Gasteiger partial charge < -0.3 is 9.64 Å². The highest BCUT2D eigenvalue weighted by molar-refractivity contribution is 7.89. The highest BCUT2D eigenvalue weighted by Gasteiger charge is 2.27. The zero-order chi connectivity index (χ0) is 20.7. The van der Waals surface area contributed by atoms with Crippen molar-refractivity contribution in [2.45, 2.75) is 44.1 Å². The lowest BCUT2D eigenvalue weighted by atomic mass is 9.99. The molecule has 0 aromatic heterocycles. The average Bonchev–Trinajstić information content (AvgIpc) is 2.68. The SMILES string of the molecule is CC1CCN(C(=O)C(C)OC(=O)c2ccc(S(=O)(=O)NCCC#N)cc2)CC1.